The van der Waals surface area contributed by atoms with Crippen LogP contribution in [0.25, 0.3) is 0 Å². The van der Waals surface area contributed by atoms with Crippen LogP contribution in [0, 0.1) is 23.7 Å². The summed E-state index contributed by atoms with van der Waals surface area (Å²) in [5.74, 6) is 2.46. The van der Waals surface area contributed by atoms with Crippen molar-refractivity contribution >= 4 is 5.69 Å². The second-order valence-corrected chi connectivity index (χ2v) is 4.26. The molecule has 0 saturated carbocycles. The van der Waals surface area contributed by atoms with Gasteiger partial charge in [-0.25, -0.2) is 0 Å². The summed E-state index contributed by atoms with van der Waals surface area (Å²) in [6.45, 7) is 3.41. The highest BCUT2D eigenvalue weighted by Crippen LogP contribution is 2.33. The minimum Gasteiger partial charge on any atom is -0.369 e. The first-order valence-corrected chi connectivity index (χ1v) is 5.07. The van der Waals surface area contributed by atoms with E-state index in [4.69, 9.17) is 11.7 Å². The lowest BCUT2D eigenvalue weighted by molar-refractivity contribution is -0.137. The molecule has 0 aromatic heterocycles. The first-order chi connectivity index (χ1) is 8.19. The van der Waals surface area contributed by atoms with Gasteiger partial charge in [0, 0.05) is 5.69 Å². The minimum atomic E-state index is -4.54. The number of nitrogens with zero attached hydrogens (tertiary/aromatic N) is 1. The van der Waals surface area contributed by atoms with Gasteiger partial charge in [-0.3, -0.25) is 0 Å². The Hall–Kier alpha value is -2.14. The van der Waals surface area contributed by atoms with Crippen molar-refractivity contribution in [1.82, 2.24) is 0 Å². The zero-order valence-electron chi connectivity index (χ0n) is 9.89. The molecule has 1 aromatic rings. The van der Waals surface area contributed by atoms with Crippen molar-refractivity contribution in [3.05, 3.63) is 29.3 Å². The Bertz CT molecular complexity index is 531. The van der Waals surface area contributed by atoms with Crippen LogP contribution < -0.4 is 5.32 Å². The maximum atomic E-state index is 12.6. The molecule has 94 valence electrons. The minimum absolute atomic E-state index is 0.377. The second-order valence-electron chi connectivity index (χ2n) is 4.26. The van der Waals surface area contributed by atoms with Gasteiger partial charge in [-0.2, -0.15) is 18.4 Å². The summed E-state index contributed by atoms with van der Waals surface area (Å²) < 4.78 is 37.7. The summed E-state index contributed by atoms with van der Waals surface area (Å²) >= 11 is 0. The average molecular weight is 252 g/mol. The van der Waals surface area contributed by atoms with Crippen LogP contribution in [0.2, 0.25) is 0 Å². The topological polar surface area (TPSA) is 35.8 Å². The molecular weight excluding hydrogens is 241 g/mol. The van der Waals surface area contributed by atoms with Crippen molar-refractivity contribution in [3.8, 4) is 18.4 Å². The number of alkyl halides is 3. The number of anilines is 1. The third-order valence-corrected chi connectivity index (χ3v) is 2.26. The van der Waals surface area contributed by atoms with Crippen LogP contribution in [0.4, 0.5) is 18.9 Å². The van der Waals surface area contributed by atoms with E-state index in [9.17, 15) is 13.2 Å². The van der Waals surface area contributed by atoms with Gasteiger partial charge < -0.3 is 5.32 Å². The monoisotopic (exact) mass is 252 g/mol. The quantitative estimate of drug-likeness (QED) is 0.819. The molecule has 0 heterocycles. The third kappa shape index (κ3) is 3.18. The summed E-state index contributed by atoms with van der Waals surface area (Å²) in [4.78, 5) is 0. The number of hydrogen-bond acceptors (Lipinski definition) is 2. The molecule has 1 rings (SSSR count). The SMILES string of the molecule is C#CC(C)(C)Nc1ccc(C(F)(F)F)c(C#N)c1. The van der Waals surface area contributed by atoms with E-state index >= 15 is 0 Å². The highest BCUT2D eigenvalue weighted by molar-refractivity contribution is 5.55. The molecule has 0 aliphatic rings. The molecule has 0 radical (unpaired) electrons. The number of hydrogen-bond donors (Lipinski definition) is 1. The Kier molecular flexibility index (Phi) is 3.57. The molecule has 1 N–H and O–H groups in total. The molecule has 0 aliphatic carbocycles. The molecule has 0 bridgehead atoms. The van der Waals surface area contributed by atoms with Crippen molar-refractivity contribution < 1.29 is 13.2 Å². The van der Waals surface area contributed by atoms with E-state index in [1.165, 1.54) is 12.1 Å². The van der Waals surface area contributed by atoms with Gasteiger partial charge in [-0.15, -0.1) is 6.42 Å². The highest BCUT2D eigenvalue weighted by atomic mass is 19.4. The van der Waals surface area contributed by atoms with Crippen molar-refractivity contribution in [2.45, 2.75) is 25.6 Å². The van der Waals surface area contributed by atoms with E-state index in [1.54, 1.807) is 13.8 Å². The van der Waals surface area contributed by atoms with Gasteiger partial charge in [0.15, 0.2) is 0 Å². The normalized spacial score (nSPS) is 11.5. The van der Waals surface area contributed by atoms with Gasteiger partial charge >= 0.3 is 6.18 Å². The Labute approximate surface area is 103 Å². The van der Waals surface area contributed by atoms with Crippen LogP contribution in [-0.2, 0) is 6.18 Å². The van der Waals surface area contributed by atoms with E-state index < -0.39 is 22.8 Å². The van der Waals surface area contributed by atoms with Gasteiger partial charge in [0.1, 0.15) is 0 Å². The number of nitriles is 1. The summed E-state index contributed by atoms with van der Waals surface area (Å²) in [7, 11) is 0. The van der Waals surface area contributed by atoms with Crippen LogP contribution in [-0.4, -0.2) is 5.54 Å². The van der Waals surface area contributed by atoms with Gasteiger partial charge in [0.25, 0.3) is 0 Å². The Balaban J connectivity index is 3.17. The molecule has 18 heavy (non-hydrogen) atoms. The Morgan fingerprint density at radius 2 is 1.89 bits per heavy atom. The lowest BCUT2D eigenvalue weighted by Gasteiger charge is -2.21. The fourth-order valence-corrected chi connectivity index (χ4v) is 1.36. The number of rotatable bonds is 2. The van der Waals surface area contributed by atoms with Gasteiger partial charge in [-0.05, 0) is 32.0 Å². The van der Waals surface area contributed by atoms with Crippen LogP contribution in [0.15, 0.2) is 18.2 Å². The first-order valence-electron chi connectivity index (χ1n) is 5.07. The standard InChI is InChI=1S/C13H11F3N2/c1-4-12(2,3)18-10-5-6-11(13(14,15)16)9(7-10)8-17/h1,5-7,18H,2-3H3. The predicted octanol–water partition coefficient (Wildman–Crippen LogP) is 3.40. The van der Waals surface area contributed by atoms with Crippen LogP contribution in [0.3, 0.4) is 0 Å². The molecule has 5 heteroatoms. The maximum Gasteiger partial charge on any atom is 0.417 e. The third-order valence-electron chi connectivity index (χ3n) is 2.26. The maximum absolute atomic E-state index is 12.6. The summed E-state index contributed by atoms with van der Waals surface area (Å²) in [6.07, 6.45) is 0.730. The van der Waals surface area contributed by atoms with Gasteiger partial charge in [-0.1, -0.05) is 5.92 Å². The summed E-state index contributed by atoms with van der Waals surface area (Å²) in [5, 5.41) is 11.6. The van der Waals surface area contributed by atoms with Gasteiger partial charge in [0.05, 0.1) is 22.7 Å². The molecule has 0 unspecified atom stereocenters. The first kappa shape index (κ1) is 13.9. The van der Waals surface area contributed by atoms with E-state index in [2.05, 4.69) is 11.2 Å². The van der Waals surface area contributed by atoms with Crippen LogP contribution in [0.1, 0.15) is 25.0 Å². The van der Waals surface area contributed by atoms with Crippen molar-refractivity contribution in [2.75, 3.05) is 5.32 Å². The number of benzene rings is 1. The molecule has 2 nitrogen and oxygen atoms in total. The fraction of sp³-hybridized carbons (Fsp3) is 0.308. The highest BCUT2D eigenvalue weighted by Gasteiger charge is 2.33. The molecule has 0 fully saturated rings. The Morgan fingerprint density at radius 1 is 1.28 bits per heavy atom. The van der Waals surface area contributed by atoms with Crippen LogP contribution >= 0.6 is 0 Å². The fourth-order valence-electron chi connectivity index (χ4n) is 1.36. The number of nitrogens with one attached hydrogen (secondary N) is 1. The molecule has 1 aromatic carbocycles. The predicted molar refractivity (Wildman–Crippen MR) is 62.7 cm³/mol. The van der Waals surface area contributed by atoms with E-state index in [1.807, 2.05) is 0 Å². The molecular formula is C13H11F3N2. The number of halogens is 3. The smallest absolute Gasteiger partial charge is 0.369 e. The van der Waals surface area contributed by atoms with E-state index in [-0.39, 0.29) is 0 Å². The largest absolute Gasteiger partial charge is 0.417 e. The van der Waals surface area contributed by atoms with E-state index in [0.717, 1.165) is 12.1 Å². The summed E-state index contributed by atoms with van der Waals surface area (Å²) in [6, 6.07) is 4.80. The van der Waals surface area contributed by atoms with Crippen molar-refractivity contribution in [2.24, 2.45) is 0 Å². The lowest BCUT2D eigenvalue weighted by Crippen LogP contribution is -2.28. The average Bonchev–Trinajstić information content (AvgIpc) is 2.27. The molecule has 0 amide bonds. The van der Waals surface area contributed by atoms with Crippen molar-refractivity contribution in [1.29, 1.82) is 5.26 Å². The lowest BCUT2D eigenvalue weighted by atomic mass is 10.0. The van der Waals surface area contributed by atoms with Gasteiger partial charge in [0.2, 0.25) is 0 Å². The molecule has 0 saturated heterocycles. The van der Waals surface area contributed by atoms with Crippen LogP contribution in [0.5, 0.6) is 0 Å². The number of terminal acetylenes is 1. The molecule has 0 atom stereocenters. The van der Waals surface area contributed by atoms with E-state index in [0.29, 0.717) is 5.69 Å². The Morgan fingerprint density at radius 3 is 2.33 bits per heavy atom. The second kappa shape index (κ2) is 4.62. The molecule has 0 spiro atoms. The zero-order valence-corrected chi connectivity index (χ0v) is 9.89. The van der Waals surface area contributed by atoms with Crippen molar-refractivity contribution in [3.63, 3.8) is 0 Å². The zero-order chi connectivity index (χ0) is 14.0. The summed E-state index contributed by atoms with van der Waals surface area (Å²) in [5.41, 5.74) is -1.70. The molecule has 0 aliphatic heterocycles.